The minimum Gasteiger partial charge on any atom is -0.311 e. The van der Waals surface area contributed by atoms with Crippen LogP contribution in [0.5, 0.6) is 0 Å². The van der Waals surface area contributed by atoms with Crippen LogP contribution in [-0.4, -0.2) is 36.1 Å². The topological polar surface area (TPSA) is 15.3 Å². The van der Waals surface area contributed by atoms with Crippen molar-refractivity contribution in [3.63, 3.8) is 0 Å². The Hall–Kier alpha value is -0.0800. The third-order valence-corrected chi connectivity index (χ3v) is 4.97. The van der Waals surface area contributed by atoms with Gasteiger partial charge in [0.25, 0.3) is 0 Å². The molecule has 0 aromatic carbocycles. The summed E-state index contributed by atoms with van der Waals surface area (Å²) in [6.07, 6.45) is 6.90. The molecule has 2 rings (SSSR count). The molecule has 2 heteroatoms. The van der Waals surface area contributed by atoms with Crippen LogP contribution in [0, 0.1) is 5.41 Å². The second-order valence-corrected chi connectivity index (χ2v) is 6.95. The lowest BCUT2D eigenvalue weighted by atomic mass is 9.75. The van der Waals surface area contributed by atoms with Gasteiger partial charge in [-0.15, -0.1) is 0 Å². The second kappa shape index (κ2) is 5.27. The Labute approximate surface area is 107 Å². The Morgan fingerprint density at radius 1 is 1.24 bits per heavy atom. The van der Waals surface area contributed by atoms with Crippen molar-refractivity contribution >= 4 is 0 Å². The molecule has 2 atom stereocenters. The summed E-state index contributed by atoms with van der Waals surface area (Å²) in [5.74, 6) is 0. The van der Waals surface area contributed by atoms with E-state index in [9.17, 15) is 0 Å². The molecule has 2 unspecified atom stereocenters. The van der Waals surface area contributed by atoms with Gasteiger partial charge in [-0.3, -0.25) is 4.90 Å². The largest absolute Gasteiger partial charge is 0.311 e. The van der Waals surface area contributed by atoms with Crippen LogP contribution >= 0.6 is 0 Å². The maximum atomic E-state index is 3.66. The van der Waals surface area contributed by atoms with E-state index in [1.165, 1.54) is 45.2 Å². The monoisotopic (exact) mass is 238 g/mol. The van der Waals surface area contributed by atoms with Gasteiger partial charge in [0.05, 0.1) is 0 Å². The molecular formula is C15H30N2. The van der Waals surface area contributed by atoms with E-state index in [4.69, 9.17) is 0 Å². The first-order valence-corrected chi connectivity index (χ1v) is 7.51. The Bertz CT molecular complexity index is 239. The van der Waals surface area contributed by atoms with Crippen LogP contribution in [-0.2, 0) is 0 Å². The number of nitrogens with zero attached hydrogens (tertiary/aromatic N) is 1. The van der Waals surface area contributed by atoms with Gasteiger partial charge in [0.2, 0.25) is 0 Å². The zero-order chi connectivity index (χ0) is 12.5. The minimum atomic E-state index is 0.595. The fraction of sp³-hybridized carbons (Fsp3) is 1.00. The van der Waals surface area contributed by atoms with Crippen LogP contribution in [0.15, 0.2) is 0 Å². The summed E-state index contributed by atoms with van der Waals surface area (Å²) in [5.41, 5.74) is 0.595. The Balaban J connectivity index is 1.92. The summed E-state index contributed by atoms with van der Waals surface area (Å²) in [6, 6.07) is 2.30. The molecule has 17 heavy (non-hydrogen) atoms. The fourth-order valence-corrected chi connectivity index (χ4v) is 3.45. The first-order chi connectivity index (χ1) is 8.02. The summed E-state index contributed by atoms with van der Waals surface area (Å²) in [6.45, 7) is 12.0. The van der Waals surface area contributed by atoms with Crippen LogP contribution in [0.2, 0.25) is 0 Å². The SMILES string of the molecule is CCC1CN(C2CCC(C)(C)CC2)C(C)CN1. The van der Waals surface area contributed by atoms with E-state index in [-0.39, 0.29) is 0 Å². The molecule has 1 N–H and O–H groups in total. The summed E-state index contributed by atoms with van der Waals surface area (Å²) < 4.78 is 0. The van der Waals surface area contributed by atoms with Gasteiger partial charge in [-0.05, 0) is 44.4 Å². The molecule has 0 radical (unpaired) electrons. The van der Waals surface area contributed by atoms with E-state index in [2.05, 4.69) is 37.9 Å². The highest BCUT2D eigenvalue weighted by molar-refractivity contribution is 4.91. The van der Waals surface area contributed by atoms with Crippen molar-refractivity contribution in [2.75, 3.05) is 13.1 Å². The third kappa shape index (κ3) is 3.23. The molecule has 0 aromatic heterocycles. The number of hydrogen-bond donors (Lipinski definition) is 1. The van der Waals surface area contributed by atoms with Crippen molar-refractivity contribution in [2.24, 2.45) is 5.41 Å². The Kier molecular flexibility index (Phi) is 4.14. The fourth-order valence-electron chi connectivity index (χ4n) is 3.45. The average Bonchev–Trinajstić information content (AvgIpc) is 2.30. The average molecular weight is 238 g/mol. The zero-order valence-electron chi connectivity index (χ0n) is 12.1. The molecule has 1 saturated heterocycles. The lowest BCUT2D eigenvalue weighted by Gasteiger charge is -2.47. The lowest BCUT2D eigenvalue weighted by molar-refractivity contribution is 0.0461. The standard InChI is InChI=1S/C15H30N2/c1-5-13-11-17(12(2)10-16-13)14-6-8-15(3,4)9-7-14/h12-14,16H,5-11H2,1-4H3. The molecule has 0 bridgehead atoms. The van der Waals surface area contributed by atoms with Gasteiger partial charge in [0, 0.05) is 31.2 Å². The van der Waals surface area contributed by atoms with E-state index in [0.29, 0.717) is 5.41 Å². The molecule has 1 heterocycles. The smallest absolute Gasteiger partial charge is 0.0196 e. The summed E-state index contributed by atoms with van der Waals surface area (Å²) >= 11 is 0. The van der Waals surface area contributed by atoms with Gasteiger partial charge in [0.15, 0.2) is 0 Å². The number of rotatable bonds is 2. The van der Waals surface area contributed by atoms with Gasteiger partial charge in [0.1, 0.15) is 0 Å². The molecule has 2 nitrogen and oxygen atoms in total. The van der Waals surface area contributed by atoms with E-state index in [1.54, 1.807) is 0 Å². The maximum Gasteiger partial charge on any atom is 0.0196 e. The van der Waals surface area contributed by atoms with Crippen molar-refractivity contribution < 1.29 is 0 Å². The summed E-state index contributed by atoms with van der Waals surface area (Å²) in [4.78, 5) is 2.79. The van der Waals surface area contributed by atoms with Gasteiger partial charge in [-0.2, -0.15) is 0 Å². The van der Waals surface area contributed by atoms with Crippen LogP contribution in [0.4, 0.5) is 0 Å². The van der Waals surface area contributed by atoms with Gasteiger partial charge < -0.3 is 5.32 Å². The van der Waals surface area contributed by atoms with Crippen molar-refractivity contribution in [1.82, 2.24) is 10.2 Å². The minimum absolute atomic E-state index is 0.595. The maximum absolute atomic E-state index is 3.66. The van der Waals surface area contributed by atoms with E-state index in [1.807, 2.05) is 0 Å². The highest BCUT2D eigenvalue weighted by Gasteiger charge is 2.34. The molecule has 0 aromatic rings. The predicted octanol–water partition coefficient (Wildman–Crippen LogP) is 3.03. The van der Waals surface area contributed by atoms with Crippen LogP contribution in [0.25, 0.3) is 0 Å². The first-order valence-electron chi connectivity index (χ1n) is 7.51. The van der Waals surface area contributed by atoms with Crippen LogP contribution < -0.4 is 5.32 Å². The van der Waals surface area contributed by atoms with Gasteiger partial charge in [-0.25, -0.2) is 0 Å². The first kappa shape index (κ1) is 13.4. The quantitative estimate of drug-likeness (QED) is 0.795. The molecule has 100 valence electrons. The van der Waals surface area contributed by atoms with Crippen LogP contribution in [0.1, 0.15) is 59.8 Å². The van der Waals surface area contributed by atoms with Crippen molar-refractivity contribution in [3.05, 3.63) is 0 Å². The molecule has 1 aliphatic heterocycles. The molecule has 0 amide bonds. The second-order valence-electron chi connectivity index (χ2n) is 6.95. The van der Waals surface area contributed by atoms with Crippen molar-refractivity contribution in [1.29, 1.82) is 0 Å². The van der Waals surface area contributed by atoms with Gasteiger partial charge >= 0.3 is 0 Å². The number of piperazine rings is 1. The zero-order valence-corrected chi connectivity index (χ0v) is 12.1. The Morgan fingerprint density at radius 3 is 2.47 bits per heavy atom. The number of nitrogens with one attached hydrogen (secondary N) is 1. The van der Waals surface area contributed by atoms with Crippen molar-refractivity contribution in [3.8, 4) is 0 Å². The molecule has 2 aliphatic rings. The summed E-state index contributed by atoms with van der Waals surface area (Å²) in [7, 11) is 0. The highest BCUT2D eigenvalue weighted by atomic mass is 15.2. The summed E-state index contributed by atoms with van der Waals surface area (Å²) in [5, 5.41) is 3.66. The normalized spacial score (nSPS) is 36.0. The highest BCUT2D eigenvalue weighted by Crippen LogP contribution is 2.37. The third-order valence-electron chi connectivity index (χ3n) is 4.97. The van der Waals surface area contributed by atoms with E-state index < -0.39 is 0 Å². The van der Waals surface area contributed by atoms with E-state index in [0.717, 1.165) is 18.1 Å². The molecule has 0 spiro atoms. The number of hydrogen-bond acceptors (Lipinski definition) is 2. The lowest BCUT2D eigenvalue weighted by Crippen LogP contribution is -2.58. The molecule has 1 aliphatic carbocycles. The van der Waals surface area contributed by atoms with Crippen LogP contribution in [0.3, 0.4) is 0 Å². The Morgan fingerprint density at radius 2 is 1.88 bits per heavy atom. The van der Waals surface area contributed by atoms with Crippen molar-refractivity contribution in [2.45, 2.75) is 77.9 Å². The molecule has 1 saturated carbocycles. The molecular weight excluding hydrogens is 208 g/mol. The predicted molar refractivity (Wildman–Crippen MR) is 74.3 cm³/mol. The van der Waals surface area contributed by atoms with E-state index >= 15 is 0 Å². The van der Waals surface area contributed by atoms with Gasteiger partial charge in [-0.1, -0.05) is 20.8 Å². The molecule has 2 fully saturated rings.